The van der Waals surface area contributed by atoms with Gasteiger partial charge in [-0.3, -0.25) is 9.59 Å². The van der Waals surface area contributed by atoms with Crippen molar-refractivity contribution < 1.29 is 14.3 Å². The molecule has 3 N–H and O–H groups in total. The van der Waals surface area contributed by atoms with Crippen molar-refractivity contribution in [3.63, 3.8) is 0 Å². The number of aromatic nitrogens is 3. The van der Waals surface area contributed by atoms with Crippen molar-refractivity contribution in [2.45, 2.75) is 26.9 Å². The first-order chi connectivity index (χ1) is 25.4. The molecular weight excluding hydrogens is 647 g/mol. The predicted molar refractivity (Wildman–Crippen MR) is 206 cm³/mol. The summed E-state index contributed by atoms with van der Waals surface area (Å²) in [6.07, 6.45) is 2.59. The quantitative estimate of drug-likeness (QED) is 0.119. The van der Waals surface area contributed by atoms with Gasteiger partial charge in [0.2, 0.25) is 0 Å². The van der Waals surface area contributed by atoms with Gasteiger partial charge >= 0.3 is 0 Å². The van der Waals surface area contributed by atoms with Gasteiger partial charge < -0.3 is 20.4 Å². The van der Waals surface area contributed by atoms with Crippen LogP contribution in [0.5, 0.6) is 5.75 Å². The van der Waals surface area contributed by atoms with Crippen molar-refractivity contribution in [1.29, 1.82) is 0 Å². The maximum Gasteiger partial charge on any atom is 0.255 e. The van der Waals surface area contributed by atoms with Gasteiger partial charge in [-0.1, -0.05) is 92.7 Å². The van der Waals surface area contributed by atoms with Gasteiger partial charge in [-0.15, -0.1) is 10.2 Å². The maximum absolute atomic E-state index is 13.5. The van der Waals surface area contributed by atoms with Crippen LogP contribution in [0.4, 0.5) is 5.69 Å². The molecule has 258 valence electrons. The van der Waals surface area contributed by atoms with Crippen LogP contribution in [-0.4, -0.2) is 33.5 Å². The summed E-state index contributed by atoms with van der Waals surface area (Å²) in [4.78, 5) is 29.9. The number of aromatic amines is 1. The molecule has 0 spiro atoms. The molecular formula is C44H39N5O3. The SMILES string of the molecule is CC(C)CNC(=O)c1cccc(-c2nnc(-c3ccccc3NC(=O)c3ccc(OCc4ccccc4)cc3)cc2Cc2c[nH]c3ccccc23)c1. The first-order valence-corrected chi connectivity index (χ1v) is 17.4. The summed E-state index contributed by atoms with van der Waals surface area (Å²) < 4.78 is 5.90. The number of hydrogen-bond donors (Lipinski definition) is 3. The van der Waals surface area contributed by atoms with E-state index in [9.17, 15) is 9.59 Å². The monoisotopic (exact) mass is 685 g/mol. The molecule has 0 bridgehead atoms. The van der Waals surface area contributed by atoms with Crippen molar-refractivity contribution in [3.8, 4) is 28.3 Å². The lowest BCUT2D eigenvalue weighted by Crippen LogP contribution is -2.27. The topological polar surface area (TPSA) is 109 Å². The van der Waals surface area contributed by atoms with Crippen LogP contribution in [-0.2, 0) is 13.0 Å². The molecule has 2 heterocycles. The second kappa shape index (κ2) is 15.6. The maximum atomic E-state index is 13.5. The Morgan fingerprint density at radius 3 is 2.33 bits per heavy atom. The molecule has 0 radical (unpaired) electrons. The molecule has 0 atom stereocenters. The van der Waals surface area contributed by atoms with Gasteiger partial charge in [0.05, 0.1) is 17.1 Å². The van der Waals surface area contributed by atoms with Gasteiger partial charge in [0.1, 0.15) is 12.4 Å². The minimum Gasteiger partial charge on any atom is -0.489 e. The largest absolute Gasteiger partial charge is 0.489 e. The normalized spacial score (nSPS) is 11.1. The molecule has 0 fully saturated rings. The van der Waals surface area contributed by atoms with Gasteiger partial charge in [-0.2, -0.15) is 0 Å². The summed E-state index contributed by atoms with van der Waals surface area (Å²) in [5, 5.41) is 16.7. The Kier molecular flexibility index (Phi) is 10.2. The molecule has 2 aromatic heterocycles. The van der Waals surface area contributed by atoms with E-state index in [1.807, 2.05) is 103 Å². The van der Waals surface area contributed by atoms with Crippen LogP contribution in [0, 0.1) is 5.92 Å². The number of amides is 2. The Bertz CT molecular complexity index is 2330. The van der Waals surface area contributed by atoms with E-state index in [2.05, 4.69) is 46.7 Å². The van der Waals surface area contributed by atoms with Gasteiger partial charge in [-0.05, 0) is 77.2 Å². The molecule has 2 amide bonds. The Morgan fingerprint density at radius 2 is 1.50 bits per heavy atom. The van der Waals surface area contributed by atoms with Gasteiger partial charge in [-0.25, -0.2) is 0 Å². The number of nitrogens with one attached hydrogen (secondary N) is 3. The number of fused-ring (bicyclic) bond motifs is 1. The zero-order chi connectivity index (χ0) is 35.9. The number of ether oxygens (including phenoxy) is 1. The predicted octanol–water partition coefficient (Wildman–Crippen LogP) is 9.10. The fraction of sp³-hybridized carbons (Fsp3) is 0.136. The van der Waals surface area contributed by atoms with Crippen molar-refractivity contribution >= 4 is 28.4 Å². The summed E-state index contributed by atoms with van der Waals surface area (Å²) in [7, 11) is 0. The van der Waals surface area contributed by atoms with Crippen LogP contribution in [0.2, 0.25) is 0 Å². The molecule has 8 heteroatoms. The van der Waals surface area contributed by atoms with Crippen molar-refractivity contribution in [1.82, 2.24) is 20.5 Å². The van der Waals surface area contributed by atoms with Crippen LogP contribution in [0.3, 0.4) is 0 Å². The van der Waals surface area contributed by atoms with E-state index in [0.717, 1.165) is 38.7 Å². The number of nitrogens with zero attached hydrogens (tertiary/aromatic N) is 2. The van der Waals surface area contributed by atoms with E-state index in [-0.39, 0.29) is 11.8 Å². The number of benzene rings is 5. The molecule has 0 aliphatic heterocycles. The molecule has 7 rings (SSSR count). The van der Waals surface area contributed by atoms with Crippen molar-refractivity contribution in [3.05, 3.63) is 167 Å². The van der Waals surface area contributed by atoms with E-state index in [1.54, 1.807) is 24.3 Å². The Balaban J connectivity index is 1.18. The lowest BCUT2D eigenvalue weighted by Gasteiger charge is -2.14. The number of carbonyl (C=O) groups is 2. The number of rotatable bonds is 12. The molecule has 0 aliphatic rings. The van der Waals surface area contributed by atoms with Gasteiger partial charge in [0.15, 0.2) is 0 Å². The molecule has 52 heavy (non-hydrogen) atoms. The molecule has 5 aromatic carbocycles. The fourth-order valence-corrected chi connectivity index (χ4v) is 6.08. The van der Waals surface area contributed by atoms with Gasteiger partial charge in [0, 0.05) is 52.3 Å². The number of H-pyrrole nitrogens is 1. The average Bonchev–Trinajstić information content (AvgIpc) is 3.59. The summed E-state index contributed by atoms with van der Waals surface area (Å²) in [6, 6.07) is 42.3. The molecule has 0 unspecified atom stereocenters. The van der Waals surface area contributed by atoms with Crippen LogP contribution in [0.15, 0.2) is 140 Å². The van der Waals surface area contributed by atoms with Crippen molar-refractivity contribution in [2.24, 2.45) is 5.92 Å². The summed E-state index contributed by atoms with van der Waals surface area (Å²) >= 11 is 0. The van der Waals surface area contributed by atoms with Crippen LogP contribution < -0.4 is 15.4 Å². The third kappa shape index (κ3) is 7.92. The second-order valence-corrected chi connectivity index (χ2v) is 13.1. The lowest BCUT2D eigenvalue weighted by atomic mass is 9.96. The highest BCUT2D eigenvalue weighted by molar-refractivity contribution is 6.06. The Labute approximate surface area is 302 Å². The average molecular weight is 686 g/mol. The highest BCUT2D eigenvalue weighted by Gasteiger charge is 2.18. The summed E-state index contributed by atoms with van der Waals surface area (Å²) in [6.45, 7) is 5.17. The zero-order valence-corrected chi connectivity index (χ0v) is 29.1. The Morgan fingerprint density at radius 1 is 0.731 bits per heavy atom. The van der Waals surface area contributed by atoms with Crippen LogP contribution >= 0.6 is 0 Å². The van der Waals surface area contributed by atoms with E-state index in [4.69, 9.17) is 9.84 Å². The first kappa shape index (κ1) is 33.9. The lowest BCUT2D eigenvalue weighted by molar-refractivity contribution is 0.0948. The highest BCUT2D eigenvalue weighted by Crippen LogP contribution is 2.32. The van der Waals surface area contributed by atoms with Crippen LogP contribution in [0.25, 0.3) is 33.4 Å². The number of anilines is 1. The number of carbonyl (C=O) groups excluding carboxylic acids is 2. The van der Waals surface area contributed by atoms with E-state index in [1.165, 1.54) is 0 Å². The first-order valence-electron chi connectivity index (χ1n) is 17.4. The van der Waals surface area contributed by atoms with Crippen molar-refractivity contribution in [2.75, 3.05) is 11.9 Å². The molecule has 0 saturated heterocycles. The van der Waals surface area contributed by atoms with E-state index < -0.39 is 0 Å². The molecule has 8 nitrogen and oxygen atoms in total. The molecule has 7 aromatic rings. The van der Waals surface area contributed by atoms with Crippen LogP contribution in [0.1, 0.15) is 51.3 Å². The molecule has 0 saturated carbocycles. The standard InChI is InChI=1S/C44H39N5O3/c1-29(2)26-46-43(50)33-14-10-13-32(23-33)42-34(24-35-27-45-39-17-8-6-15-37(35)39)25-41(48-49-42)38-16-7-9-18-40(38)47-44(51)31-19-21-36(22-20-31)52-28-30-11-4-3-5-12-30/h3-23,25,27,29,45H,24,26,28H2,1-2H3,(H,46,50)(H,47,51). The second-order valence-electron chi connectivity index (χ2n) is 13.1. The highest BCUT2D eigenvalue weighted by atomic mass is 16.5. The number of para-hydroxylation sites is 2. The smallest absolute Gasteiger partial charge is 0.255 e. The minimum atomic E-state index is -0.252. The number of hydrogen-bond acceptors (Lipinski definition) is 5. The summed E-state index contributed by atoms with van der Waals surface area (Å²) in [5.41, 5.74) is 8.67. The third-order valence-corrected chi connectivity index (χ3v) is 8.81. The van der Waals surface area contributed by atoms with E-state index >= 15 is 0 Å². The Hall–Kier alpha value is -6.54. The van der Waals surface area contributed by atoms with E-state index in [0.29, 0.717) is 59.4 Å². The van der Waals surface area contributed by atoms with Gasteiger partial charge in [0.25, 0.3) is 11.8 Å². The molecule has 0 aliphatic carbocycles. The third-order valence-electron chi connectivity index (χ3n) is 8.81. The fourth-order valence-electron chi connectivity index (χ4n) is 6.08. The zero-order valence-electron chi connectivity index (χ0n) is 29.1. The minimum absolute atomic E-state index is 0.127. The summed E-state index contributed by atoms with van der Waals surface area (Å²) in [5.74, 6) is 0.641.